The predicted octanol–water partition coefficient (Wildman–Crippen LogP) is 2.31. The third-order valence-electron chi connectivity index (χ3n) is 4.15. The van der Waals surface area contributed by atoms with Crippen LogP contribution in [0, 0.1) is 11.7 Å². The number of aliphatic hydroxyl groups is 1. The van der Waals surface area contributed by atoms with Crippen LogP contribution in [0.15, 0.2) is 18.2 Å². The minimum atomic E-state index is -0.383. The topological polar surface area (TPSA) is 35.5 Å². The third-order valence-corrected chi connectivity index (χ3v) is 4.15. The summed E-state index contributed by atoms with van der Waals surface area (Å²) in [6, 6.07) is 5.27. The van der Waals surface area contributed by atoms with Crippen molar-refractivity contribution >= 4 is 5.69 Å². The molecule has 0 bridgehead atoms. The standard InChI is InChI=1S/C15H23FN2O/c1-10-7-8-18(9-14(10)19)15-12(11(2)17-3)5-4-6-13(15)16/h4-6,10-11,14,17,19H,7-9H2,1-3H3. The lowest BCUT2D eigenvalue weighted by Gasteiger charge is -2.37. The van der Waals surface area contributed by atoms with Crippen LogP contribution in [0.3, 0.4) is 0 Å². The maximum Gasteiger partial charge on any atom is 0.146 e. The molecule has 1 saturated heterocycles. The number of nitrogens with zero attached hydrogens (tertiary/aromatic N) is 1. The quantitative estimate of drug-likeness (QED) is 0.881. The van der Waals surface area contributed by atoms with Crippen LogP contribution in [0.25, 0.3) is 0 Å². The van der Waals surface area contributed by atoms with E-state index in [-0.39, 0.29) is 23.9 Å². The predicted molar refractivity (Wildman–Crippen MR) is 75.9 cm³/mol. The number of nitrogens with one attached hydrogen (secondary N) is 1. The van der Waals surface area contributed by atoms with Crippen LogP contribution in [0.5, 0.6) is 0 Å². The van der Waals surface area contributed by atoms with E-state index in [0.717, 1.165) is 18.5 Å². The average Bonchev–Trinajstić information content (AvgIpc) is 2.41. The van der Waals surface area contributed by atoms with Crippen molar-refractivity contribution in [3.05, 3.63) is 29.6 Å². The molecule has 1 aliphatic heterocycles. The van der Waals surface area contributed by atoms with Gasteiger partial charge in [0.25, 0.3) is 0 Å². The van der Waals surface area contributed by atoms with Crippen LogP contribution >= 0.6 is 0 Å². The first-order valence-electron chi connectivity index (χ1n) is 6.93. The second kappa shape index (κ2) is 5.88. The van der Waals surface area contributed by atoms with E-state index in [1.165, 1.54) is 6.07 Å². The summed E-state index contributed by atoms with van der Waals surface area (Å²) in [6.07, 6.45) is 0.508. The van der Waals surface area contributed by atoms with Gasteiger partial charge in [-0.15, -0.1) is 0 Å². The molecule has 3 nitrogen and oxygen atoms in total. The van der Waals surface area contributed by atoms with E-state index in [0.29, 0.717) is 12.2 Å². The molecule has 0 amide bonds. The minimum absolute atomic E-state index is 0.0854. The number of halogens is 1. The zero-order valence-corrected chi connectivity index (χ0v) is 11.9. The second-order valence-electron chi connectivity index (χ2n) is 5.47. The number of para-hydroxylation sites is 1. The maximum atomic E-state index is 14.2. The molecule has 3 atom stereocenters. The Balaban J connectivity index is 2.33. The van der Waals surface area contributed by atoms with Crippen molar-refractivity contribution in [2.75, 3.05) is 25.0 Å². The van der Waals surface area contributed by atoms with Crippen molar-refractivity contribution in [1.29, 1.82) is 0 Å². The number of benzene rings is 1. The molecule has 1 heterocycles. The second-order valence-corrected chi connectivity index (χ2v) is 5.47. The molecule has 0 aromatic heterocycles. The van der Waals surface area contributed by atoms with Crippen LogP contribution in [0.1, 0.15) is 31.9 Å². The van der Waals surface area contributed by atoms with Crippen molar-refractivity contribution in [2.45, 2.75) is 32.4 Å². The highest BCUT2D eigenvalue weighted by molar-refractivity contribution is 5.56. The fraction of sp³-hybridized carbons (Fsp3) is 0.600. The van der Waals surface area contributed by atoms with E-state index in [9.17, 15) is 9.50 Å². The Hall–Kier alpha value is -1.13. The summed E-state index contributed by atoms with van der Waals surface area (Å²) in [5, 5.41) is 13.2. The number of aliphatic hydroxyl groups excluding tert-OH is 1. The van der Waals surface area contributed by atoms with Crippen molar-refractivity contribution in [2.24, 2.45) is 5.92 Å². The zero-order valence-electron chi connectivity index (χ0n) is 11.9. The summed E-state index contributed by atoms with van der Waals surface area (Å²) in [7, 11) is 1.87. The molecule has 1 aromatic carbocycles. The summed E-state index contributed by atoms with van der Waals surface area (Å²) in [5.41, 5.74) is 1.58. The van der Waals surface area contributed by atoms with Crippen molar-refractivity contribution in [1.82, 2.24) is 5.32 Å². The highest BCUT2D eigenvalue weighted by Gasteiger charge is 2.28. The molecule has 106 valence electrons. The third kappa shape index (κ3) is 2.90. The Morgan fingerprint density at radius 2 is 2.21 bits per heavy atom. The average molecular weight is 266 g/mol. The molecule has 0 saturated carbocycles. The Labute approximate surface area is 114 Å². The van der Waals surface area contributed by atoms with Gasteiger partial charge in [-0.1, -0.05) is 19.1 Å². The van der Waals surface area contributed by atoms with Crippen molar-refractivity contribution in [3.8, 4) is 0 Å². The van der Waals surface area contributed by atoms with Gasteiger partial charge in [0.05, 0.1) is 11.8 Å². The molecule has 4 heteroatoms. The van der Waals surface area contributed by atoms with E-state index in [4.69, 9.17) is 0 Å². The van der Waals surface area contributed by atoms with Gasteiger partial charge in [-0.3, -0.25) is 0 Å². The Morgan fingerprint density at radius 1 is 1.47 bits per heavy atom. The van der Waals surface area contributed by atoms with Crippen LogP contribution in [0.2, 0.25) is 0 Å². The molecule has 2 rings (SSSR count). The van der Waals surface area contributed by atoms with Gasteiger partial charge < -0.3 is 15.3 Å². The van der Waals surface area contributed by atoms with Gasteiger partial charge in [0, 0.05) is 19.1 Å². The number of hydrogen-bond donors (Lipinski definition) is 2. The molecule has 3 unspecified atom stereocenters. The zero-order chi connectivity index (χ0) is 14.0. The molecule has 2 N–H and O–H groups in total. The van der Waals surface area contributed by atoms with Crippen LogP contribution in [-0.4, -0.2) is 31.3 Å². The SMILES string of the molecule is CNC(C)c1cccc(F)c1N1CCC(C)C(O)C1. The molecule has 0 aliphatic carbocycles. The fourth-order valence-corrected chi connectivity index (χ4v) is 2.62. The first-order chi connectivity index (χ1) is 9.04. The number of rotatable bonds is 3. The van der Waals surface area contributed by atoms with E-state index in [2.05, 4.69) is 5.32 Å². The maximum absolute atomic E-state index is 14.2. The first kappa shape index (κ1) is 14.3. The number of piperidine rings is 1. The molecular weight excluding hydrogens is 243 g/mol. The van der Waals surface area contributed by atoms with Crippen molar-refractivity contribution < 1.29 is 9.50 Å². The summed E-state index contributed by atoms with van der Waals surface area (Å²) in [6.45, 7) is 5.36. The van der Waals surface area contributed by atoms with Crippen molar-refractivity contribution in [3.63, 3.8) is 0 Å². The number of anilines is 1. The highest BCUT2D eigenvalue weighted by Crippen LogP contribution is 2.32. The fourth-order valence-electron chi connectivity index (χ4n) is 2.62. The van der Waals surface area contributed by atoms with E-state index < -0.39 is 0 Å². The van der Waals surface area contributed by atoms with Gasteiger partial charge in [-0.2, -0.15) is 0 Å². The highest BCUT2D eigenvalue weighted by atomic mass is 19.1. The summed E-state index contributed by atoms with van der Waals surface area (Å²) in [5.74, 6) is 0.0783. The Bertz CT molecular complexity index is 438. The Morgan fingerprint density at radius 3 is 2.84 bits per heavy atom. The summed E-state index contributed by atoms with van der Waals surface area (Å²) < 4.78 is 14.2. The van der Waals surface area contributed by atoms with E-state index in [1.807, 2.05) is 31.9 Å². The summed E-state index contributed by atoms with van der Waals surface area (Å²) in [4.78, 5) is 1.98. The van der Waals surface area contributed by atoms with Crippen LogP contribution in [0.4, 0.5) is 10.1 Å². The lowest BCUT2D eigenvalue weighted by molar-refractivity contribution is 0.102. The van der Waals surface area contributed by atoms with Gasteiger partial charge in [-0.25, -0.2) is 4.39 Å². The summed E-state index contributed by atoms with van der Waals surface area (Å²) >= 11 is 0. The van der Waals surface area contributed by atoms with E-state index in [1.54, 1.807) is 6.07 Å². The first-order valence-corrected chi connectivity index (χ1v) is 6.93. The molecule has 19 heavy (non-hydrogen) atoms. The monoisotopic (exact) mass is 266 g/mol. The molecule has 0 spiro atoms. The molecule has 0 radical (unpaired) electrons. The largest absolute Gasteiger partial charge is 0.391 e. The Kier molecular flexibility index (Phi) is 4.42. The molecule has 1 aliphatic rings. The number of β-amino-alcohol motifs (C(OH)–C–C–N with tert-alkyl or cyclic N) is 1. The van der Waals surface area contributed by atoms with Gasteiger partial charge >= 0.3 is 0 Å². The lowest BCUT2D eigenvalue weighted by Crippen LogP contribution is -2.43. The molecule has 1 aromatic rings. The van der Waals surface area contributed by atoms with Crippen LogP contribution in [-0.2, 0) is 0 Å². The minimum Gasteiger partial charge on any atom is -0.391 e. The lowest BCUT2D eigenvalue weighted by atomic mass is 9.94. The van der Waals surface area contributed by atoms with Crippen LogP contribution < -0.4 is 10.2 Å². The van der Waals surface area contributed by atoms with Gasteiger partial charge in [0.2, 0.25) is 0 Å². The number of hydrogen-bond acceptors (Lipinski definition) is 3. The molecular formula is C15H23FN2O. The smallest absolute Gasteiger partial charge is 0.146 e. The van der Waals surface area contributed by atoms with Gasteiger partial charge in [0.15, 0.2) is 0 Å². The molecule has 1 fully saturated rings. The van der Waals surface area contributed by atoms with Gasteiger partial charge in [-0.05, 0) is 37.9 Å². The normalized spacial score (nSPS) is 25.4. The van der Waals surface area contributed by atoms with Gasteiger partial charge in [0.1, 0.15) is 5.82 Å². The van der Waals surface area contributed by atoms with E-state index >= 15 is 0 Å².